The molecule has 1 aliphatic rings. The van der Waals surface area contributed by atoms with Crippen LogP contribution in [0.15, 0.2) is 0 Å². The van der Waals surface area contributed by atoms with E-state index >= 15 is 0 Å². The summed E-state index contributed by atoms with van der Waals surface area (Å²) >= 11 is 0. The Hall–Kier alpha value is -0.170. The van der Waals surface area contributed by atoms with E-state index in [-0.39, 0.29) is 12.1 Å². The Balaban J connectivity index is 2.33. The molecule has 114 valence electrons. The molecule has 6 heteroatoms. The Morgan fingerprint density at radius 2 is 1.89 bits per heavy atom. The molecule has 0 bridgehead atoms. The lowest BCUT2D eigenvalue weighted by molar-refractivity contribution is 0.140. The van der Waals surface area contributed by atoms with Crippen LogP contribution in [0.5, 0.6) is 0 Å². The third kappa shape index (κ3) is 5.38. The van der Waals surface area contributed by atoms with E-state index in [1.54, 1.807) is 0 Å². The fourth-order valence-corrected chi connectivity index (χ4v) is 3.90. The largest absolute Gasteiger partial charge is 0.394 e. The normalized spacial score (nSPS) is 23.1. The van der Waals surface area contributed by atoms with Gasteiger partial charge in [0.05, 0.1) is 18.1 Å². The molecule has 2 N–H and O–H groups in total. The van der Waals surface area contributed by atoms with Crippen molar-refractivity contribution in [3.05, 3.63) is 0 Å². The first-order chi connectivity index (χ1) is 8.97. The first kappa shape index (κ1) is 16.9. The summed E-state index contributed by atoms with van der Waals surface area (Å²) < 4.78 is 22.7. The minimum Gasteiger partial charge on any atom is -0.394 e. The molecule has 1 unspecified atom stereocenters. The highest BCUT2D eigenvalue weighted by Gasteiger charge is 2.26. The van der Waals surface area contributed by atoms with E-state index in [0.29, 0.717) is 24.6 Å². The van der Waals surface area contributed by atoms with Gasteiger partial charge in [0.15, 0.2) is 9.84 Å². The average molecular weight is 292 g/mol. The molecule has 1 saturated heterocycles. The molecule has 5 nitrogen and oxygen atoms in total. The van der Waals surface area contributed by atoms with Crippen LogP contribution >= 0.6 is 0 Å². The van der Waals surface area contributed by atoms with Crippen molar-refractivity contribution in [3.8, 4) is 0 Å². The van der Waals surface area contributed by atoms with Crippen LogP contribution in [0.25, 0.3) is 0 Å². The maximum atomic E-state index is 11.3. The van der Waals surface area contributed by atoms with Gasteiger partial charge in [0, 0.05) is 18.6 Å². The van der Waals surface area contributed by atoms with Gasteiger partial charge in [-0.15, -0.1) is 0 Å². The Kier molecular flexibility index (Phi) is 6.73. The third-order valence-corrected chi connectivity index (χ3v) is 5.71. The SMILES string of the molecule is CCNC(CC)(CO)CCCN1CCS(=O)(=O)CC1. The molecule has 0 aromatic heterocycles. The lowest BCUT2D eigenvalue weighted by Gasteiger charge is -2.33. The highest BCUT2D eigenvalue weighted by molar-refractivity contribution is 7.91. The molecule has 0 amide bonds. The van der Waals surface area contributed by atoms with E-state index in [9.17, 15) is 13.5 Å². The first-order valence-electron chi connectivity index (χ1n) is 7.25. The van der Waals surface area contributed by atoms with Crippen molar-refractivity contribution < 1.29 is 13.5 Å². The summed E-state index contributed by atoms with van der Waals surface area (Å²) in [6.45, 7) is 7.39. The summed E-state index contributed by atoms with van der Waals surface area (Å²) in [4.78, 5) is 2.21. The third-order valence-electron chi connectivity index (χ3n) is 4.10. The predicted octanol–water partition coefficient (Wildman–Crippen LogP) is 0.248. The second-order valence-corrected chi connectivity index (χ2v) is 7.72. The first-order valence-corrected chi connectivity index (χ1v) is 9.08. The molecule has 1 aliphatic heterocycles. The van der Waals surface area contributed by atoms with E-state index in [2.05, 4.69) is 24.1 Å². The number of aliphatic hydroxyl groups is 1. The molecule has 0 aliphatic carbocycles. The summed E-state index contributed by atoms with van der Waals surface area (Å²) in [6.07, 6.45) is 2.82. The van der Waals surface area contributed by atoms with E-state index in [1.165, 1.54) is 0 Å². The van der Waals surface area contributed by atoms with Crippen LogP contribution in [0, 0.1) is 0 Å². The average Bonchev–Trinajstić information content (AvgIpc) is 2.39. The number of aliphatic hydroxyl groups excluding tert-OH is 1. The molecule has 1 heterocycles. The maximum Gasteiger partial charge on any atom is 0.152 e. The standard InChI is InChI=1S/C13H28N2O3S/c1-3-13(12-16,14-4-2)6-5-7-15-8-10-19(17,18)11-9-15/h14,16H,3-12H2,1-2H3. The zero-order valence-corrected chi connectivity index (χ0v) is 13.0. The molecule has 1 rings (SSSR count). The molecular weight excluding hydrogens is 264 g/mol. The molecule has 0 aromatic carbocycles. The number of likely N-dealkylation sites (N-methyl/N-ethyl adjacent to an activating group) is 1. The minimum atomic E-state index is -2.78. The maximum absolute atomic E-state index is 11.3. The fourth-order valence-electron chi connectivity index (χ4n) is 2.63. The number of sulfone groups is 1. The summed E-state index contributed by atoms with van der Waals surface area (Å²) in [5.41, 5.74) is -0.170. The number of hydrogen-bond donors (Lipinski definition) is 2. The Morgan fingerprint density at radius 3 is 2.37 bits per heavy atom. The molecular formula is C13H28N2O3S. The molecule has 1 fully saturated rings. The van der Waals surface area contributed by atoms with Gasteiger partial charge in [0.1, 0.15) is 0 Å². The molecule has 0 aromatic rings. The van der Waals surface area contributed by atoms with Gasteiger partial charge in [0.25, 0.3) is 0 Å². The smallest absolute Gasteiger partial charge is 0.152 e. The van der Waals surface area contributed by atoms with Gasteiger partial charge in [-0.3, -0.25) is 0 Å². The number of nitrogens with zero attached hydrogens (tertiary/aromatic N) is 1. The second-order valence-electron chi connectivity index (χ2n) is 5.42. The van der Waals surface area contributed by atoms with Crippen LogP contribution in [0.1, 0.15) is 33.1 Å². The molecule has 0 radical (unpaired) electrons. The van der Waals surface area contributed by atoms with Crippen molar-refractivity contribution in [2.24, 2.45) is 0 Å². The molecule has 0 saturated carbocycles. The second kappa shape index (κ2) is 7.57. The summed E-state index contributed by atoms with van der Waals surface area (Å²) in [5, 5.41) is 12.9. The van der Waals surface area contributed by atoms with E-state index < -0.39 is 9.84 Å². The van der Waals surface area contributed by atoms with Crippen LogP contribution in [0.4, 0.5) is 0 Å². The zero-order chi connectivity index (χ0) is 14.4. The number of rotatable bonds is 8. The lowest BCUT2D eigenvalue weighted by Crippen LogP contribution is -2.48. The van der Waals surface area contributed by atoms with Gasteiger partial charge in [-0.05, 0) is 32.4 Å². The molecule has 0 spiro atoms. The number of hydrogen-bond acceptors (Lipinski definition) is 5. The van der Waals surface area contributed by atoms with Crippen molar-refractivity contribution in [3.63, 3.8) is 0 Å². The number of nitrogens with one attached hydrogen (secondary N) is 1. The van der Waals surface area contributed by atoms with Crippen LogP contribution in [0.3, 0.4) is 0 Å². The van der Waals surface area contributed by atoms with Crippen LogP contribution in [-0.4, -0.2) is 68.3 Å². The Bertz CT molecular complexity index is 339. The van der Waals surface area contributed by atoms with Gasteiger partial charge in [-0.25, -0.2) is 8.42 Å². The van der Waals surface area contributed by atoms with Gasteiger partial charge < -0.3 is 15.3 Å². The van der Waals surface area contributed by atoms with Crippen molar-refractivity contribution in [1.29, 1.82) is 0 Å². The van der Waals surface area contributed by atoms with Crippen molar-refractivity contribution in [1.82, 2.24) is 10.2 Å². The predicted molar refractivity (Wildman–Crippen MR) is 78.1 cm³/mol. The van der Waals surface area contributed by atoms with Gasteiger partial charge >= 0.3 is 0 Å². The Labute approximate surface area is 117 Å². The van der Waals surface area contributed by atoms with E-state index in [1.807, 2.05) is 0 Å². The lowest BCUT2D eigenvalue weighted by atomic mass is 9.91. The van der Waals surface area contributed by atoms with E-state index in [0.717, 1.165) is 32.4 Å². The summed E-state index contributed by atoms with van der Waals surface area (Å²) in [7, 11) is -2.78. The molecule has 19 heavy (non-hydrogen) atoms. The monoisotopic (exact) mass is 292 g/mol. The van der Waals surface area contributed by atoms with E-state index in [4.69, 9.17) is 0 Å². The molecule has 1 atom stereocenters. The van der Waals surface area contributed by atoms with Crippen LogP contribution in [0.2, 0.25) is 0 Å². The van der Waals surface area contributed by atoms with Crippen LogP contribution < -0.4 is 5.32 Å². The minimum absolute atomic E-state index is 0.158. The van der Waals surface area contributed by atoms with Crippen molar-refractivity contribution in [2.45, 2.75) is 38.6 Å². The summed E-state index contributed by atoms with van der Waals surface area (Å²) in [5.74, 6) is 0.582. The fraction of sp³-hybridized carbons (Fsp3) is 1.00. The van der Waals surface area contributed by atoms with Crippen molar-refractivity contribution >= 4 is 9.84 Å². The van der Waals surface area contributed by atoms with Gasteiger partial charge in [-0.1, -0.05) is 13.8 Å². The quantitative estimate of drug-likeness (QED) is 0.671. The topological polar surface area (TPSA) is 69.6 Å². The zero-order valence-electron chi connectivity index (χ0n) is 12.2. The Morgan fingerprint density at radius 1 is 1.26 bits per heavy atom. The highest BCUT2D eigenvalue weighted by atomic mass is 32.2. The van der Waals surface area contributed by atoms with Gasteiger partial charge in [-0.2, -0.15) is 0 Å². The van der Waals surface area contributed by atoms with Gasteiger partial charge in [0.2, 0.25) is 0 Å². The highest BCUT2D eigenvalue weighted by Crippen LogP contribution is 2.17. The summed E-state index contributed by atoms with van der Waals surface area (Å²) in [6, 6.07) is 0. The van der Waals surface area contributed by atoms with Crippen LogP contribution in [-0.2, 0) is 9.84 Å². The van der Waals surface area contributed by atoms with Crippen molar-refractivity contribution in [2.75, 3.05) is 44.3 Å².